The Kier molecular flexibility index (Phi) is 6.24. The van der Waals surface area contributed by atoms with Crippen LogP contribution in [-0.2, 0) is 4.74 Å². The number of halogens is 1. The number of anilines is 2. The average molecular weight is 447 g/mol. The van der Waals surface area contributed by atoms with Gasteiger partial charge in [0.05, 0.1) is 34.5 Å². The second kappa shape index (κ2) is 9.06. The molecule has 158 valence electrons. The number of carbonyl (C=O) groups excluding carboxylic acids is 2. The summed E-state index contributed by atoms with van der Waals surface area (Å²) in [7, 11) is 0. The number of carbonyl (C=O) groups is 2. The van der Waals surface area contributed by atoms with Gasteiger partial charge >= 0.3 is 6.09 Å². The van der Waals surface area contributed by atoms with E-state index in [9.17, 15) is 9.59 Å². The van der Waals surface area contributed by atoms with E-state index in [-0.39, 0.29) is 18.0 Å². The Labute approximate surface area is 184 Å². The lowest BCUT2D eigenvalue weighted by molar-refractivity contribution is 0.0943. The first-order valence-corrected chi connectivity index (χ1v) is 11.2. The molecule has 1 aromatic carbocycles. The molecule has 1 fully saturated rings. The van der Waals surface area contributed by atoms with Gasteiger partial charge in [0.2, 0.25) is 0 Å². The molecule has 1 atom stereocenters. The molecule has 1 N–H and O–H groups in total. The average Bonchev–Trinajstić information content (AvgIpc) is 3.37. The molecule has 0 aliphatic carbocycles. The zero-order chi connectivity index (χ0) is 21.1. The van der Waals surface area contributed by atoms with E-state index >= 15 is 0 Å². The lowest BCUT2D eigenvalue weighted by Gasteiger charge is -2.30. The van der Waals surface area contributed by atoms with E-state index in [0.717, 1.165) is 36.7 Å². The molecule has 0 unspecified atom stereocenters. The Bertz CT molecular complexity index is 959. The number of aliphatic imine (C=N–C) groups is 1. The largest absolute Gasteiger partial charge is 0.444 e. The van der Waals surface area contributed by atoms with Crippen molar-refractivity contribution in [1.82, 2.24) is 5.43 Å². The summed E-state index contributed by atoms with van der Waals surface area (Å²) in [4.78, 5) is 31.3. The number of hydrogen-bond acceptors (Lipinski definition) is 7. The fourth-order valence-corrected chi connectivity index (χ4v) is 4.50. The topological polar surface area (TPSA) is 74.2 Å². The fourth-order valence-electron chi connectivity index (χ4n) is 3.49. The minimum atomic E-state index is -0.379. The van der Waals surface area contributed by atoms with Gasteiger partial charge in [-0.3, -0.25) is 25.1 Å². The maximum absolute atomic E-state index is 12.3. The zero-order valence-corrected chi connectivity index (χ0v) is 18.2. The summed E-state index contributed by atoms with van der Waals surface area (Å²) in [6.07, 6.45) is 0.992. The van der Waals surface area contributed by atoms with Crippen LogP contribution >= 0.6 is 22.9 Å². The molecule has 2 aliphatic heterocycles. The van der Waals surface area contributed by atoms with Crippen molar-refractivity contribution < 1.29 is 14.3 Å². The quantitative estimate of drug-likeness (QED) is 0.633. The third kappa shape index (κ3) is 4.60. The zero-order valence-electron chi connectivity index (χ0n) is 16.6. The van der Waals surface area contributed by atoms with Gasteiger partial charge in [-0.05, 0) is 42.8 Å². The van der Waals surface area contributed by atoms with Crippen LogP contribution in [0.5, 0.6) is 0 Å². The van der Waals surface area contributed by atoms with Gasteiger partial charge in [-0.15, -0.1) is 11.3 Å². The molecule has 0 radical (unpaired) electrons. The number of amides is 1. The molecule has 2 aliphatic rings. The van der Waals surface area contributed by atoms with Gasteiger partial charge in [0.15, 0.2) is 5.78 Å². The van der Waals surface area contributed by atoms with Crippen molar-refractivity contribution in [2.75, 3.05) is 29.5 Å². The molecule has 2 aromatic rings. The van der Waals surface area contributed by atoms with Gasteiger partial charge < -0.3 is 4.74 Å². The molecule has 0 spiro atoms. The normalized spacial score (nSPS) is 18.8. The first kappa shape index (κ1) is 20.7. The number of Topliss-reactive ketones (excluding diaryl/α,β-unsaturated/α-hetero) is 1. The van der Waals surface area contributed by atoms with Gasteiger partial charge in [-0.2, -0.15) is 0 Å². The van der Waals surface area contributed by atoms with Crippen molar-refractivity contribution in [3.05, 3.63) is 45.6 Å². The van der Waals surface area contributed by atoms with Crippen LogP contribution in [0.3, 0.4) is 0 Å². The molecule has 7 nitrogen and oxygen atoms in total. The van der Waals surface area contributed by atoms with Gasteiger partial charge in [-0.25, -0.2) is 4.79 Å². The highest BCUT2D eigenvalue weighted by molar-refractivity contribution is 7.18. The van der Waals surface area contributed by atoms with E-state index in [1.54, 1.807) is 17.0 Å². The van der Waals surface area contributed by atoms with E-state index in [0.29, 0.717) is 28.6 Å². The number of cyclic esters (lactones) is 1. The van der Waals surface area contributed by atoms with Crippen molar-refractivity contribution in [2.24, 2.45) is 4.99 Å². The summed E-state index contributed by atoms with van der Waals surface area (Å²) in [6.45, 7) is 4.05. The second-order valence-electron chi connectivity index (χ2n) is 7.14. The molecular formula is C21H23ClN4O3S. The Balaban J connectivity index is 1.34. The molecular weight excluding hydrogens is 424 g/mol. The van der Waals surface area contributed by atoms with Crippen molar-refractivity contribution in [2.45, 2.75) is 32.3 Å². The van der Waals surface area contributed by atoms with Crippen LogP contribution < -0.4 is 15.3 Å². The molecule has 3 heterocycles. The highest BCUT2D eigenvalue weighted by atomic mass is 35.5. The van der Waals surface area contributed by atoms with Gasteiger partial charge in [0.25, 0.3) is 0 Å². The van der Waals surface area contributed by atoms with E-state index in [4.69, 9.17) is 16.3 Å². The summed E-state index contributed by atoms with van der Waals surface area (Å²) in [5.41, 5.74) is 5.10. The molecule has 0 bridgehead atoms. The molecule has 4 rings (SSSR count). The number of thiophene rings is 1. The number of benzene rings is 1. The predicted octanol–water partition coefficient (Wildman–Crippen LogP) is 4.52. The van der Waals surface area contributed by atoms with Crippen LogP contribution in [0.25, 0.3) is 0 Å². The van der Waals surface area contributed by atoms with Crippen LogP contribution in [-0.4, -0.2) is 43.5 Å². The summed E-state index contributed by atoms with van der Waals surface area (Å²) in [6, 6.07) is 11.2. The predicted molar refractivity (Wildman–Crippen MR) is 120 cm³/mol. The highest BCUT2D eigenvalue weighted by Gasteiger charge is 2.32. The summed E-state index contributed by atoms with van der Waals surface area (Å²) in [5, 5.41) is 2.06. The van der Waals surface area contributed by atoms with Crippen molar-refractivity contribution >= 4 is 52.0 Å². The fraction of sp³-hybridized carbons (Fsp3) is 0.381. The SMILES string of the molecule is CCC1=NCCN(c2ccc(N3C[C@H](CCC(=O)c4ccc(Cl)s4)OC3=O)cc2)N1. The van der Waals surface area contributed by atoms with Crippen molar-refractivity contribution in [3.63, 3.8) is 0 Å². The van der Waals surface area contributed by atoms with E-state index < -0.39 is 0 Å². The maximum atomic E-state index is 12.3. The standard InChI is InChI=1S/C21H23ClN4O3S/c1-2-20-23-11-12-26(24-20)15-5-3-14(4-6-15)25-13-16(29-21(25)28)7-8-17(27)18-9-10-19(22)30-18/h3-6,9-10,16H,2,7-8,11-13H2,1H3,(H,23,24)/t16-/m0/s1. The number of nitrogens with zero attached hydrogens (tertiary/aromatic N) is 3. The lowest BCUT2D eigenvalue weighted by atomic mass is 10.1. The lowest BCUT2D eigenvalue weighted by Crippen LogP contribution is -2.47. The number of nitrogens with one attached hydrogen (secondary N) is 1. The smallest absolute Gasteiger partial charge is 0.414 e. The second-order valence-corrected chi connectivity index (χ2v) is 8.86. The van der Waals surface area contributed by atoms with E-state index in [1.807, 2.05) is 24.3 Å². The van der Waals surface area contributed by atoms with Crippen LogP contribution in [0.15, 0.2) is 41.4 Å². The number of ether oxygens (including phenoxy) is 1. The number of hydrazine groups is 1. The molecule has 30 heavy (non-hydrogen) atoms. The number of rotatable bonds is 7. The van der Waals surface area contributed by atoms with Crippen molar-refractivity contribution in [1.29, 1.82) is 0 Å². The first-order chi connectivity index (χ1) is 14.5. The van der Waals surface area contributed by atoms with E-state index in [1.165, 1.54) is 11.3 Å². The maximum Gasteiger partial charge on any atom is 0.414 e. The molecule has 1 aromatic heterocycles. The molecule has 0 saturated carbocycles. The monoisotopic (exact) mass is 446 g/mol. The Hall–Kier alpha value is -2.58. The molecule has 9 heteroatoms. The number of hydrogen-bond donors (Lipinski definition) is 1. The number of ketones is 1. The van der Waals surface area contributed by atoms with Crippen LogP contribution in [0, 0.1) is 0 Å². The highest BCUT2D eigenvalue weighted by Crippen LogP contribution is 2.27. The first-order valence-electron chi connectivity index (χ1n) is 9.97. The number of amidine groups is 1. The Morgan fingerprint density at radius 1 is 1.27 bits per heavy atom. The van der Waals surface area contributed by atoms with Crippen LogP contribution in [0.1, 0.15) is 35.9 Å². The minimum absolute atomic E-state index is 0.0229. The van der Waals surface area contributed by atoms with E-state index in [2.05, 4.69) is 22.4 Å². The third-order valence-corrected chi connectivity index (χ3v) is 6.39. The van der Waals surface area contributed by atoms with Crippen molar-refractivity contribution in [3.8, 4) is 0 Å². The van der Waals surface area contributed by atoms with Crippen LogP contribution in [0.4, 0.5) is 16.2 Å². The van der Waals surface area contributed by atoms with Gasteiger partial charge in [0.1, 0.15) is 11.9 Å². The molecule has 1 saturated heterocycles. The third-order valence-electron chi connectivity index (χ3n) is 5.11. The molecule has 1 amide bonds. The van der Waals surface area contributed by atoms with Crippen LogP contribution in [0.2, 0.25) is 4.34 Å². The summed E-state index contributed by atoms with van der Waals surface area (Å²) in [5.74, 6) is 0.991. The summed E-state index contributed by atoms with van der Waals surface area (Å²) < 4.78 is 6.06. The summed E-state index contributed by atoms with van der Waals surface area (Å²) >= 11 is 7.16. The van der Waals surface area contributed by atoms with Gasteiger partial charge in [0, 0.05) is 18.5 Å². The van der Waals surface area contributed by atoms with Gasteiger partial charge in [-0.1, -0.05) is 18.5 Å². The Morgan fingerprint density at radius 3 is 2.73 bits per heavy atom. The Morgan fingerprint density at radius 2 is 2.03 bits per heavy atom. The minimum Gasteiger partial charge on any atom is -0.444 e.